The van der Waals surface area contributed by atoms with Crippen molar-refractivity contribution in [3.63, 3.8) is 0 Å². The zero-order chi connectivity index (χ0) is 17.6. The van der Waals surface area contributed by atoms with Crippen LogP contribution in [0.15, 0.2) is 72.8 Å². The molecule has 4 nitrogen and oxygen atoms in total. The summed E-state index contributed by atoms with van der Waals surface area (Å²) < 4.78 is 0. The highest BCUT2D eigenvalue weighted by Gasteiger charge is 2.07. The maximum Gasteiger partial charge on any atom is 0.255 e. The molecule has 3 rings (SSSR count). The van der Waals surface area contributed by atoms with E-state index in [2.05, 4.69) is 16.7 Å². The summed E-state index contributed by atoms with van der Waals surface area (Å²) in [6.45, 7) is 0. The lowest BCUT2D eigenvalue weighted by Gasteiger charge is -2.10. The van der Waals surface area contributed by atoms with E-state index in [0.717, 1.165) is 11.4 Å². The average Bonchev–Trinajstić information content (AvgIpc) is 2.64. The van der Waals surface area contributed by atoms with Crippen LogP contribution in [-0.2, 0) is 0 Å². The van der Waals surface area contributed by atoms with E-state index < -0.39 is 0 Å². The standard InChI is InChI=1S/C20H14ClN3O/c21-16-6-3-5-14(12-16)20(25)24-18-10-8-17(9-11-18)23-19-7-2-1-4-15(19)13-22/h1-12,23H,(H,24,25). The summed E-state index contributed by atoms with van der Waals surface area (Å²) >= 11 is 5.90. The SMILES string of the molecule is N#Cc1ccccc1Nc1ccc(NC(=O)c2cccc(Cl)c2)cc1. The molecule has 0 unspecified atom stereocenters. The molecule has 0 fully saturated rings. The third kappa shape index (κ3) is 4.17. The number of amides is 1. The summed E-state index contributed by atoms with van der Waals surface area (Å²) in [7, 11) is 0. The molecule has 0 aliphatic rings. The Bertz CT molecular complexity index is 946. The average molecular weight is 348 g/mol. The monoisotopic (exact) mass is 347 g/mol. The van der Waals surface area contributed by atoms with E-state index in [1.165, 1.54) is 0 Å². The van der Waals surface area contributed by atoms with Crippen LogP contribution in [0.1, 0.15) is 15.9 Å². The Kier molecular flexibility index (Phi) is 4.98. The van der Waals surface area contributed by atoms with Crippen LogP contribution in [0.5, 0.6) is 0 Å². The molecule has 3 aromatic carbocycles. The number of rotatable bonds is 4. The van der Waals surface area contributed by atoms with Gasteiger partial charge in [-0.1, -0.05) is 29.8 Å². The maximum absolute atomic E-state index is 12.2. The van der Waals surface area contributed by atoms with E-state index in [1.54, 1.807) is 42.5 Å². The number of anilines is 3. The second-order valence-corrected chi connectivity index (χ2v) is 5.76. The number of carbonyl (C=O) groups excluding carboxylic acids is 1. The molecule has 25 heavy (non-hydrogen) atoms. The molecule has 122 valence electrons. The van der Waals surface area contributed by atoms with Gasteiger partial charge in [0.05, 0.1) is 11.3 Å². The van der Waals surface area contributed by atoms with Crippen molar-refractivity contribution >= 4 is 34.6 Å². The third-order valence-electron chi connectivity index (χ3n) is 3.56. The first kappa shape index (κ1) is 16.6. The molecule has 0 radical (unpaired) electrons. The largest absolute Gasteiger partial charge is 0.354 e. The molecule has 0 spiro atoms. The zero-order valence-electron chi connectivity index (χ0n) is 13.2. The van der Waals surface area contributed by atoms with Crippen molar-refractivity contribution in [2.24, 2.45) is 0 Å². The maximum atomic E-state index is 12.2. The van der Waals surface area contributed by atoms with E-state index in [4.69, 9.17) is 16.9 Å². The Morgan fingerprint density at radius 3 is 2.36 bits per heavy atom. The van der Waals surface area contributed by atoms with Gasteiger partial charge in [-0.3, -0.25) is 4.79 Å². The van der Waals surface area contributed by atoms with Crippen molar-refractivity contribution < 1.29 is 4.79 Å². The molecular formula is C20H14ClN3O. The number of halogens is 1. The summed E-state index contributed by atoms with van der Waals surface area (Å²) in [5.41, 5.74) is 3.30. The van der Waals surface area contributed by atoms with Crippen LogP contribution in [0.3, 0.4) is 0 Å². The predicted molar refractivity (Wildman–Crippen MR) is 100 cm³/mol. The first-order chi connectivity index (χ1) is 12.2. The lowest BCUT2D eigenvalue weighted by atomic mass is 10.2. The number of benzene rings is 3. The number of nitrogens with zero attached hydrogens (tertiary/aromatic N) is 1. The van der Waals surface area contributed by atoms with Gasteiger partial charge in [0, 0.05) is 22.0 Å². The van der Waals surface area contributed by atoms with Crippen LogP contribution in [0, 0.1) is 11.3 Å². The topological polar surface area (TPSA) is 64.9 Å². The van der Waals surface area contributed by atoms with Crippen molar-refractivity contribution in [3.8, 4) is 6.07 Å². The Morgan fingerprint density at radius 1 is 0.920 bits per heavy atom. The number of para-hydroxylation sites is 1. The lowest BCUT2D eigenvalue weighted by Crippen LogP contribution is -2.11. The van der Waals surface area contributed by atoms with Crippen molar-refractivity contribution in [2.45, 2.75) is 0 Å². The molecule has 0 heterocycles. The molecule has 1 amide bonds. The minimum Gasteiger partial charge on any atom is -0.354 e. The van der Waals surface area contributed by atoms with Gasteiger partial charge in [0.1, 0.15) is 6.07 Å². The highest BCUT2D eigenvalue weighted by atomic mass is 35.5. The third-order valence-corrected chi connectivity index (χ3v) is 3.79. The molecule has 0 bridgehead atoms. The molecule has 5 heteroatoms. The van der Waals surface area contributed by atoms with Gasteiger partial charge in [-0.15, -0.1) is 0 Å². The first-order valence-corrected chi connectivity index (χ1v) is 7.96. The minimum atomic E-state index is -0.224. The second-order valence-electron chi connectivity index (χ2n) is 5.32. The van der Waals surface area contributed by atoms with Gasteiger partial charge < -0.3 is 10.6 Å². The molecule has 2 N–H and O–H groups in total. The van der Waals surface area contributed by atoms with Crippen molar-refractivity contribution in [2.75, 3.05) is 10.6 Å². The van der Waals surface area contributed by atoms with Crippen molar-refractivity contribution in [3.05, 3.63) is 88.9 Å². The van der Waals surface area contributed by atoms with Gasteiger partial charge in [0.25, 0.3) is 5.91 Å². The predicted octanol–water partition coefficient (Wildman–Crippen LogP) is 5.21. The molecule has 0 aliphatic heterocycles. The molecule has 3 aromatic rings. The molecule has 0 aromatic heterocycles. The number of hydrogen-bond donors (Lipinski definition) is 2. The molecule has 0 atom stereocenters. The van der Waals surface area contributed by atoms with Crippen molar-refractivity contribution in [1.29, 1.82) is 5.26 Å². The molecule has 0 aliphatic carbocycles. The number of hydrogen-bond acceptors (Lipinski definition) is 3. The Morgan fingerprint density at radius 2 is 1.64 bits per heavy atom. The van der Waals surface area contributed by atoms with Crippen LogP contribution in [0.25, 0.3) is 0 Å². The normalized spacial score (nSPS) is 9.92. The Labute approximate surface area is 150 Å². The molecule has 0 saturated heterocycles. The van der Waals surface area contributed by atoms with Gasteiger partial charge in [0.15, 0.2) is 0 Å². The lowest BCUT2D eigenvalue weighted by molar-refractivity contribution is 0.102. The van der Waals surface area contributed by atoms with Crippen LogP contribution >= 0.6 is 11.6 Å². The molecular weight excluding hydrogens is 334 g/mol. The van der Waals surface area contributed by atoms with Gasteiger partial charge in [-0.05, 0) is 54.6 Å². The Balaban J connectivity index is 1.70. The van der Waals surface area contributed by atoms with Crippen LogP contribution in [0.4, 0.5) is 17.1 Å². The van der Waals surface area contributed by atoms with Gasteiger partial charge in [-0.2, -0.15) is 5.26 Å². The van der Waals surface area contributed by atoms with E-state index in [1.807, 2.05) is 30.3 Å². The first-order valence-electron chi connectivity index (χ1n) is 7.59. The smallest absolute Gasteiger partial charge is 0.255 e. The summed E-state index contributed by atoms with van der Waals surface area (Å²) in [5, 5.41) is 15.6. The summed E-state index contributed by atoms with van der Waals surface area (Å²) in [6.07, 6.45) is 0. The second kappa shape index (κ2) is 7.52. The van der Waals surface area contributed by atoms with E-state index in [9.17, 15) is 4.79 Å². The van der Waals surface area contributed by atoms with Crippen molar-refractivity contribution in [1.82, 2.24) is 0 Å². The fourth-order valence-corrected chi connectivity index (χ4v) is 2.51. The Hall–Kier alpha value is -3.29. The van der Waals surface area contributed by atoms with Gasteiger partial charge in [0.2, 0.25) is 0 Å². The zero-order valence-corrected chi connectivity index (χ0v) is 13.9. The fraction of sp³-hybridized carbons (Fsp3) is 0. The van der Waals surface area contributed by atoms with Crippen LogP contribution in [0.2, 0.25) is 5.02 Å². The molecule has 0 saturated carbocycles. The fourth-order valence-electron chi connectivity index (χ4n) is 2.31. The van der Waals surface area contributed by atoms with Gasteiger partial charge >= 0.3 is 0 Å². The summed E-state index contributed by atoms with van der Waals surface area (Å²) in [5.74, 6) is -0.224. The highest BCUT2D eigenvalue weighted by molar-refractivity contribution is 6.31. The summed E-state index contributed by atoms with van der Waals surface area (Å²) in [4.78, 5) is 12.2. The quantitative estimate of drug-likeness (QED) is 0.681. The minimum absolute atomic E-state index is 0.224. The summed E-state index contributed by atoms with van der Waals surface area (Å²) in [6, 6.07) is 23.4. The van der Waals surface area contributed by atoms with E-state index in [0.29, 0.717) is 21.8 Å². The van der Waals surface area contributed by atoms with E-state index in [-0.39, 0.29) is 5.91 Å². The highest BCUT2D eigenvalue weighted by Crippen LogP contribution is 2.22. The van der Waals surface area contributed by atoms with E-state index >= 15 is 0 Å². The number of nitrogens with one attached hydrogen (secondary N) is 2. The van der Waals surface area contributed by atoms with Crippen LogP contribution < -0.4 is 10.6 Å². The number of carbonyl (C=O) groups is 1. The van der Waals surface area contributed by atoms with Gasteiger partial charge in [-0.25, -0.2) is 0 Å². The van der Waals surface area contributed by atoms with Crippen LogP contribution in [-0.4, -0.2) is 5.91 Å². The number of nitriles is 1.